The molecule has 4 heterocycles. The minimum Gasteiger partial charge on any atom is -0.309 e. The fraction of sp³-hybridized carbons (Fsp3) is 0. The van der Waals surface area contributed by atoms with E-state index in [1.165, 1.54) is 71.0 Å². The molecule has 0 saturated carbocycles. The highest BCUT2D eigenvalue weighted by molar-refractivity contribution is 6.22. The summed E-state index contributed by atoms with van der Waals surface area (Å²) in [6.07, 6.45) is 1.89. The quantitative estimate of drug-likeness (QED) is 0.189. The van der Waals surface area contributed by atoms with Crippen LogP contribution in [0.15, 0.2) is 170 Å². The molecule has 0 spiro atoms. The van der Waals surface area contributed by atoms with Gasteiger partial charge in [-0.25, -0.2) is 4.98 Å². The van der Waals surface area contributed by atoms with Gasteiger partial charge in [-0.3, -0.25) is 9.55 Å². The molecule has 12 rings (SSSR count). The fourth-order valence-corrected chi connectivity index (χ4v) is 8.86. The van der Waals surface area contributed by atoms with Crippen molar-refractivity contribution in [1.82, 2.24) is 19.1 Å². The first kappa shape index (κ1) is 27.7. The molecular formula is C48H28N4. The van der Waals surface area contributed by atoms with Crippen LogP contribution in [-0.4, -0.2) is 19.1 Å². The summed E-state index contributed by atoms with van der Waals surface area (Å²) in [5.74, 6) is 0.902. The first-order chi connectivity index (χ1) is 25.8. The zero-order valence-corrected chi connectivity index (χ0v) is 28.0. The molecule has 0 amide bonds. The molecule has 0 fully saturated rings. The number of pyridine rings is 2. The first-order valence-corrected chi connectivity index (χ1v) is 17.7. The highest BCUT2D eigenvalue weighted by Gasteiger charge is 2.25. The molecule has 0 radical (unpaired) electrons. The van der Waals surface area contributed by atoms with Gasteiger partial charge in [0, 0.05) is 49.9 Å². The number of hydrogen-bond donors (Lipinski definition) is 0. The molecule has 7 aromatic carbocycles. The number of benzene rings is 7. The molecule has 52 heavy (non-hydrogen) atoms. The van der Waals surface area contributed by atoms with Crippen LogP contribution in [0.3, 0.4) is 0 Å². The van der Waals surface area contributed by atoms with Gasteiger partial charge in [-0.1, -0.05) is 97.1 Å². The van der Waals surface area contributed by atoms with E-state index in [-0.39, 0.29) is 0 Å². The number of rotatable bonds is 3. The van der Waals surface area contributed by atoms with E-state index < -0.39 is 0 Å². The molecule has 0 unspecified atom stereocenters. The van der Waals surface area contributed by atoms with Crippen molar-refractivity contribution in [2.24, 2.45) is 0 Å². The minimum atomic E-state index is 0.902. The molecule has 4 nitrogen and oxygen atoms in total. The Morgan fingerprint density at radius 3 is 2.00 bits per heavy atom. The lowest BCUT2D eigenvalue weighted by atomic mass is 9.99. The van der Waals surface area contributed by atoms with Crippen LogP contribution in [0, 0.1) is 0 Å². The zero-order chi connectivity index (χ0) is 33.9. The average molecular weight is 661 g/mol. The maximum Gasteiger partial charge on any atom is 0.138 e. The summed E-state index contributed by atoms with van der Waals surface area (Å²) in [5, 5.41) is 8.65. The third-order valence-corrected chi connectivity index (χ3v) is 11.1. The number of hydrogen-bond acceptors (Lipinski definition) is 2. The number of nitrogens with zero attached hydrogens (tertiary/aromatic N) is 4. The Hall–Kier alpha value is -7.04. The summed E-state index contributed by atoms with van der Waals surface area (Å²) in [6.45, 7) is 0. The van der Waals surface area contributed by atoms with Crippen LogP contribution in [0.1, 0.15) is 0 Å². The van der Waals surface area contributed by atoms with Crippen molar-refractivity contribution in [3.05, 3.63) is 170 Å². The van der Waals surface area contributed by atoms with E-state index in [9.17, 15) is 0 Å². The molecule has 4 heteroatoms. The smallest absolute Gasteiger partial charge is 0.138 e. The largest absolute Gasteiger partial charge is 0.309 e. The Morgan fingerprint density at radius 2 is 1.12 bits per heavy atom. The van der Waals surface area contributed by atoms with Crippen molar-refractivity contribution in [2.75, 3.05) is 0 Å². The Morgan fingerprint density at radius 1 is 0.404 bits per heavy atom. The molecule has 0 aliphatic heterocycles. The molecule has 1 aliphatic rings. The number of para-hydroxylation sites is 2. The predicted molar refractivity (Wildman–Crippen MR) is 216 cm³/mol. The minimum absolute atomic E-state index is 0.902. The van der Waals surface area contributed by atoms with E-state index >= 15 is 0 Å². The molecule has 0 N–H and O–H groups in total. The summed E-state index contributed by atoms with van der Waals surface area (Å²) in [5.41, 5.74) is 13.8. The second-order valence-electron chi connectivity index (χ2n) is 13.8. The van der Waals surface area contributed by atoms with E-state index in [0.29, 0.717) is 0 Å². The second kappa shape index (κ2) is 10.3. The summed E-state index contributed by atoms with van der Waals surface area (Å²) in [6, 6.07) is 59.3. The Balaban J connectivity index is 1.09. The summed E-state index contributed by atoms with van der Waals surface area (Å²) < 4.78 is 4.72. The lowest BCUT2D eigenvalue weighted by Crippen LogP contribution is -1.98. The average Bonchev–Trinajstić information content (AvgIpc) is 3.84. The summed E-state index contributed by atoms with van der Waals surface area (Å²) >= 11 is 0. The van der Waals surface area contributed by atoms with Gasteiger partial charge in [0.15, 0.2) is 0 Å². The van der Waals surface area contributed by atoms with E-state index in [4.69, 9.17) is 9.97 Å². The van der Waals surface area contributed by atoms with Crippen LogP contribution >= 0.6 is 0 Å². The Labute approximate surface area is 298 Å². The van der Waals surface area contributed by atoms with Gasteiger partial charge in [-0.05, 0) is 94.2 Å². The highest BCUT2D eigenvalue weighted by atomic mass is 15.1. The van der Waals surface area contributed by atoms with E-state index in [1.54, 1.807) is 0 Å². The van der Waals surface area contributed by atoms with Crippen LogP contribution in [-0.2, 0) is 0 Å². The maximum atomic E-state index is 5.29. The standard InChI is InChI=1S/C48H28N4/c1-2-11-32(12-3-1)51-43-23-21-31(27-38(43)47-33-13-5-4-10-29(33)19-24-44(47)51)30-20-22-42-37(26-30)34-14-6-7-18-41(34)52(42)45-28-39-46-35(15-8-17-40(46)50-45)36-16-9-25-49-48(36)39/h1-28H. The van der Waals surface area contributed by atoms with E-state index in [1.807, 2.05) is 12.3 Å². The van der Waals surface area contributed by atoms with Crippen molar-refractivity contribution in [2.45, 2.75) is 0 Å². The third kappa shape index (κ3) is 3.70. The van der Waals surface area contributed by atoms with Gasteiger partial charge in [-0.2, -0.15) is 0 Å². The molecule has 240 valence electrons. The zero-order valence-electron chi connectivity index (χ0n) is 28.0. The molecule has 0 bridgehead atoms. The molecule has 0 atom stereocenters. The van der Waals surface area contributed by atoms with Crippen LogP contribution in [0.4, 0.5) is 0 Å². The SMILES string of the molecule is c1ccc(-n2c3ccc(-c4ccc5c(c4)c4ccccc4n5-c4cc5c6c(cccc6n4)-c4cccnc4-5)cc3c3c4ccccc4ccc32)cc1. The van der Waals surface area contributed by atoms with E-state index in [0.717, 1.165) is 39.3 Å². The Bertz CT molecular complexity index is 3290. The normalized spacial score (nSPS) is 12.2. The fourth-order valence-electron chi connectivity index (χ4n) is 8.86. The van der Waals surface area contributed by atoms with Crippen molar-refractivity contribution in [3.8, 4) is 45.0 Å². The van der Waals surface area contributed by atoms with E-state index in [2.05, 4.69) is 167 Å². The van der Waals surface area contributed by atoms with Gasteiger partial charge in [0.2, 0.25) is 0 Å². The lowest BCUT2D eigenvalue weighted by Gasteiger charge is -2.11. The van der Waals surface area contributed by atoms with Gasteiger partial charge in [0.25, 0.3) is 0 Å². The molecule has 1 aliphatic carbocycles. The summed E-state index contributed by atoms with van der Waals surface area (Å²) in [7, 11) is 0. The van der Waals surface area contributed by atoms with Gasteiger partial charge >= 0.3 is 0 Å². The van der Waals surface area contributed by atoms with Crippen molar-refractivity contribution in [1.29, 1.82) is 0 Å². The van der Waals surface area contributed by atoms with Gasteiger partial charge in [0.1, 0.15) is 5.82 Å². The van der Waals surface area contributed by atoms with Gasteiger partial charge in [0.05, 0.1) is 33.3 Å². The maximum absolute atomic E-state index is 5.29. The first-order valence-electron chi connectivity index (χ1n) is 17.7. The van der Waals surface area contributed by atoms with Crippen LogP contribution < -0.4 is 0 Å². The molecular weight excluding hydrogens is 633 g/mol. The van der Waals surface area contributed by atoms with Crippen LogP contribution in [0.25, 0.3) is 110 Å². The van der Waals surface area contributed by atoms with Crippen LogP contribution in [0.5, 0.6) is 0 Å². The monoisotopic (exact) mass is 660 g/mol. The molecule has 0 saturated heterocycles. The molecule has 4 aromatic heterocycles. The topological polar surface area (TPSA) is 35.6 Å². The van der Waals surface area contributed by atoms with Gasteiger partial charge < -0.3 is 4.57 Å². The van der Waals surface area contributed by atoms with Crippen molar-refractivity contribution >= 4 is 65.3 Å². The number of aromatic nitrogens is 4. The third-order valence-electron chi connectivity index (χ3n) is 11.1. The van der Waals surface area contributed by atoms with Crippen molar-refractivity contribution < 1.29 is 0 Å². The predicted octanol–water partition coefficient (Wildman–Crippen LogP) is 12.3. The summed E-state index contributed by atoms with van der Waals surface area (Å²) in [4.78, 5) is 10.1. The highest BCUT2D eigenvalue weighted by Crippen LogP contribution is 2.47. The number of fused-ring (bicyclic) bond motifs is 11. The Kier molecular flexibility index (Phi) is 5.47. The molecule has 11 aromatic rings. The van der Waals surface area contributed by atoms with Crippen molar-refractivity contribution in [3.63, 3.8) is 0 Å². The van der Waals surface area contributed by atoms with Gasteiger partial charge in [-0.15, -0.1) is 0 Å². The lowest BCUT2D eigenvalue weighted by molar-refractivity contribution is 1.10. The van der Waals surface area contributed by atoms with Crippen LogP contribution in [0.2, 0.25) is 0 Å². The second-order valence-corrected chi connectivity index (χ2v) is 13.8.